The van der Waals surface area contributed by atoms with Gasteiger partial charge in [-0.2, -0.15) is 0 Å². The van der Waals surface area contributed by atoms with Crippen LogP contribution in [-0.4, -0.2) is 42.9 Å². The van der Waals surface area contributed by atoms with Crippen molar-refractivity contribution in [2.75, 3.05) is 26.2 Å². The van der Waals surface area contributed by atoms with E-state index >= 15 is 0 Å². The smallest absolute Gasteiger partial charge is 0.330 e. The minimum atomic E-state index is -0.438. The first-order valence-corrected chi connectivity index (χ1v) is 5.76. The molecule has 1 aliphatic rings. The molecule has 0 N–H and O–H groups in total. The molecule has 0 aliphatic carbocycles. The monoisotopic (exact) mass is 225 g/mol. The molecule has 0 radical (unpaired) electrons. The zero-order chi connectivity index (χ0) is 11.8. The molecule has 4 heteroatoms. The van der Waals surface area contributed by atoms with Gasteiger partial charge in [-0.15, -0.1) is 0 Å². The van der Waals surface area contributed by atoms with Gasteiger partial charge in [0.1, 0.15) is 6.61 Å². The van der Waals surface area contributed by atoms with Gasteiger partial charge in [-0.25, -0.2) is 4.79 Å². The molecule has 0 aromatic carbocycles. The Balaban J connectivity index is 2.09. The Bertz CT molecular complexity index is 267. The standard InChI is InChI=1S/C12H19NO3/c1-11(14)5-6-12(15)16-10-9-13-7-3-2-4-8-13/h5-6H,2-4,7-10H2,1H3/b6-5+. The van der Waals surface area contributed by atoms with Crippen LogP contribution in [0.15, 0.2) is 12.2 Å². The number of esters is 1. The summed E-state index contributed by atoms with van der Waals surface area (Å²) in [6.45, 7) is 4.79. The molecular formula is C12H19NO3. The SMILES string of the molecule is CC(=O)/C=C/C(=O)OCCN1CCCCC1. The van der Waals surface area contributed by atoms with Crippen molar-refractivity contribution >= 4 is 11.8 Å². The lowest BCUT2D eigenvalue weighted by Crippen LogP contribution is -2.33. The van der Waals surface area contributed by atoms with E-state index in [0.717, 1.165) is 19.6 Å². The quantitative estimate of drug-likeness (QED) is 0.520. The molecule has 16 heavy (non-hydrogen) atoms. The van der Waals surface area contributed by atoms with E-state index in [1.807, 2.05) is 0 Å². The van der Waals surface area contributed by atoms with Crippen LogP contribution in [0.4, 0.5) is 0 Å². The molecule has 1 fully saturated rings. The highest BCUT2D eigenvalue weighted by Crippen LogP contribution is 2.07. The first-order valence-electron chi connectivity index (χ1n) is 5.76. The molecular weight excluding hydrogens is 206 g/mol. The third-order valence-electron chi connectivity index (χ3n) is 2.55. The van der Waals surface area contributed by atoms with E-state index < -0.39 is 5.97 Å². The number of carbonyl (C=O) groups is 2. The Labute approximate surface area is 96.3 Å². The van der Waals surface area contributed by atoms with Crippen LogP contribution < -0.4 is 0 Å². The molecule has 4 nitrogen and oxygen atoms in total. The summed E-state index contributed by atoms with van der Waals surface area (Å²) in [7, 11) is 0. The predicted octanol–water partition coefficient (Wildman–Crippen LogP) is 1.16. The van der Waals surface area contributed by atoms with Crippen molar-refractivity contribution in [1.29, 1.82) is 0 Å². The second-order valence-corrected chi connectivity index (χ2v) is 4.01. The average Bonchev–Trinajstić information content (AvgIpc) is 2.28. The van der Waals surface area contributed by atoms with Crippen molar-refractivity contribution in [1.82, 2.24) is 4.90 Å². The summed E-state index contributed by atoms with van der Waals surface area (Å²) < 4.78 is 4.98. The normalized spacial score (nSPS) is 17.6. The van der Waals surface area contributed by atoms with Crippen LogP contribution in [0.3, 0.4) is 0 Å². The summed E-state index contributed by atoms with van der Waals surface area (Å²) in [5.74, 6) is -0.583. The summed E-state index contributed by atoms with van der Waals surface area (Å²) in [4.78, 5) is 24.0. The molecule has 0 bridgehead atoms. The summed E-state index contributed by atoms with van der Waals surface area (Å²) >= 11 is 0. The largest absolute Gasteiger partial charge is 0.461 e. The van der Waals surface area contributed by atoms with Gasteiger partial charge in [-0.1, -0.05) is 6.42 Å². The molecule has 0 saturated carbocycles. The van der Waals surface area contributed by atoms with Crippen molar-refractivity contribution in [3.63, 3.8) is 0 Å². The fourth-order valence-corrected chi connectivity index (χ4v) is 1.69. The van der Waals surface area contributed by atoms with Crippen molar-refractivity contribution in [3.8, 4) is 0 Å². The Hall–Kier alpha value is -1.16. The zero-order valence-electron chi connectivity index (χ0n) is 9.78. The van der Waals surface area contributed by atoms with Crippen molar-refractivity contribution in [2.24, 2.45) is 0 Å². The van der Waals surface area contributed by atoms with Gasteiger partial charge in [0.15, 0.2) is 5.78 Å². The summed E-state index contributed by atoms with van der Waals surface area (Å²) in [5.41, 5.74) is 0. The van der Waals surface area contributed by atoms with Gasteiger partial charge in [-0.3, -0.25) is 9.69 Å². The Kier molecular flexibility index (Phi) is 5.78. The van der Waals surface area contributed by atoms with Gasteiger partial charge in [0, 0.05) is 12.6 Å². The fraction of sp³-hybridized carbons (Fsp3) is 0.667. The number of nitrogens with zero attached hydrogens (tertiary/aromatic N) is 1. The van der Waals surface area contributed by atoms with Crippen LogP contribution in [-0.2, 0) is 14.3 Å². The molecule has 1 heterocycles. The molecule has 1 saturated heterocycles. The van der Waals surface area contributed by atoms with Crippen LogP contribution in [0, 0.1) is 0 Å². The summed E-state index contributed by atoms with van der Waals surface area (Å²) in [5, 5.41) is 0. The number of rotatable bonds is 5. The molecule has 1 rings (SSSR count). The fourth-order valence-electron chi connectivity index (χ4n) is 1.69. The minimum absolute atomic E-state index is 0.145. The minimum Gasteiger partial charge on any atom is -0.461 e. The van der Waals surface area contributed by atoms with Gasteiger partial charge < -0.3 is 4.74 Å². The number of carbonyl (C=O) groups excluding carboxylic acids is 2. The molecule has 90 valence electrons. The molecule has 0 atom stereocenters. The third-order valence-corrected chi connectivity index (χ3v) is 2.55. The predicted molar refractivity (Wildman–Crippen MR) is 61.1 cm³/mol. The lowest BCUT2D eigenvalue weighted by atomic mass is 10.1. The van der Waals surface area contributed by atoms with Crippen LogP contribution in [0.25, 0.3) is 0 Å². The number of piperidine rings is 1. The number of hydrogen-bond acceptors (Lipinski definition) is 4. The lowest BCUT2D eigenvalue weighted by Gasteiger charge is -2.25. The van der Waals surface area contributed by atoms with Crippen molar-refractivity contribution in [2.45, 2.75) is 26.2 Å². The van der Waals surface area contributed by atoms with Crippen LogP contribution >= 0.6 is 0 Å². The second-order valence-electron chi connectivity index (χ2n) is 4.01. The van der Waals surface area contributed by atoms with Crippen LogP contribution in [0.2, 0.25) is 0 Å². The van der Waals surface area contributed by atoms with Gasteiger partial charge in [0.2, 0.25) is 0 Å². The van der Waals surface area contributed by atoms with E-state index in [1.165, 1.54) is 38.3 Å². The Morgan fingerprint density at radius 3 is 2.50 bits per heavy atom. The number of ether oxygens (including phenoxy) is 1. The molecule has 1 aliphatic heterocycles. The first kappa shape index (κ1) is 12.9. The van der Waals surface area contributed by atoms with Gasteiger partial charge in [0.05, 0.1) is 0 Å². The van der Waals surface area contributed by atoms with Crippen molar-refractivity contribution in [3.05, 3.63) is 12.2 Å². The van der Waals surface area contributed by atoms with E-state index in [1.54, 1.807) is 0 Å². The Morgan fingerprint density at radius 2 is 1.88 bits per heavy atom. The number of ketones is 1. The highest BCUT2D eigenvalue weighted by atomic mass is 16.5. The lowest BCUT2D eigenvalue weighted by molar-refractivity contribution is -0.138. The van der Waals surface area contributed by atoms with E-state index in [9.17, 15) is 9.59 Å². The van der Waals surface area contributed by atoms with Crippen LogP contribution in [0.5, 0.6) is 0 Å². The van der Waals surface area contributed by atoms with E-state index in [2.05, 4.69) is 4.90 Å². The topological polar surface area (TPSA) is 46.6 Å². The van der Waals surface area contributed by atoms with Crippen molar-refractivity contribution < 1.29 is 14.3 Å². The highest BCUT2D eigenvalue weighted by molar-refractivity contribution is 5.94. The third kappa shape index (κ3) is 5.66. The zero-order valence-corrected chi connectivity index (χ0v) is 9.78. The highest BCUT2D eigenvalue weighted by Gasteiger charge is 2.09. The number of hydrogen-bond donors (Lipinski definition) is 0. The van der Waals surface area contributed by atoms with Gasteiger partial charge >= 0.3 is 5.97 Å². The maximum absolute atomic E-state index is 11.1. The summed E-state index contributed by atoms with van der Waals surface area (Å²) in [6, 6.07) is 0. The second kappa shape index (κ2) is 7.17. The summed E-state index contributed by atoms with van der Waals surface area (Å²) in [6.07, 6.45) is 6.18. The van der Waals surface area contributed by atoms with E-state index in [4.69, 9.17) is 4.74 Å². The van der Waals surface area contributed by atoms with E-state index in [0.29, 0.717) is 6.61 Å². The molecule has 0 spiro atoms. The van der Waals surface area contributed by atoms with Gasteiger partial charge in [0.25, 0.3) is 0 Å². The van der Waals surface area contributed by atoms with Gasteiger partial charge in [-0.05, 0) is 38.9 Å². The molecule has 0 unspecified atom stereocenters. The molecule has 0 aromatic heterocycles. The molecule has 0 aromatic rings. The maximum Gasteiger partial charge on any atom is 0.330 e. The number of allylic oxidation sites excluding steroid dienone is 1. The Morgan fingerprint density at radius 1 is 1.19 bits per heavy atom. The first-order chi connectivity index (χ1) is 7.68. The van der Waals surface area contributed by atoms with Crippen LogP contribution in [0.1, 0.15) is 26.2 Å². The maximum atomic E-state index is 11.1. The number of likely N-dealkylation sites (tertiary alicyclic amines) is 1. The average molecular weight is 225 g/mol. The van der Waals surface area contributed by atoms with E-state index in [-0.39, 0.29) is 5.78 Å². The molecule has 0 amide bonds.